The maximum absolute atomic E-state index is 11.9. The fraction of sp³-hybridized carbons (Fsp3) is 0.267. The Morgan fingerprint density at radius 2 is 2.09 bits per heavy atom. The highest BCUT2D eigenvalue weighted by Crippen LogP contribution is 2.17. The SMILES string of the molecule is CC(C)CNC(=O)c1csc(NC(=O)Nc2cccc(Cl)c2)n1. The molecule has 1 heterocycles. The van der Waals surface area contributed by atoms with Crippen LogP contribution in [0, 0.1) is 5.92 Å². The average Bonchev–Trinajstić information content (AvgIpc) is 2.93. The zero-order chi connectivity index (χ0) is 16.8. The topological polar surface area (TPSA) is 83.1 Å². The van der Waals surface area contributed by atoms with Gasteiger partial charge in [0.15, 0.2) is 5.13 Å². The van der Waals surface area contributed by atoms with Crippen molar-refractivity contribution in [2.24, 2.45) is 5.92 Å². The largest absolute Gasteiger partial charge is 0.350 e. The molecule has 23 heavy (non-hydrogen) atoms. The standard InChI is InChI=1S/C15H17ClN4O2S/c1-9(2)7-17-13(21)12-8-23-15(19-12)20-14(22)18-11-5-3-4-10(16)6-11/h3-6,8-9H,7H2,1-2H3,(H,17,21)(H2,18,19,20,22). The molecular weight excluding hydrogens is 336 g/mol. The van der Waals surface area contributed by atoms with E-state index in [4.69, 9.17) is 11.6 Å². The molecule has 6 nitrogen and oxygen atoms in total. The van der Waals surface area contributed by atoms with E-state index in [9.17, 15) is 9.59 Å². The van der Waals surface area contributed by atoms with Crippen LogP contribution in [0.3, 0.4) is 0 Å². The summed E-state index contributed by atoms with van der Waals surface area (Å²) in [6.07, 6.45) is 0. The van der Waals surface area contributed by atoms with E-state index in [-0.39, 0.29) is 11.6 Å². The second kappa shape index (κ2) is 7.94. The minimum Gasteiger partial charge on any atom is -0.350 e. The van der Waals surface area contributed by atoms with Gasteiger partial charge in [0.2, 0.25) is 0 Å². The van der Waals surface area contributed by atoms with Crippen molar-refractivity contribution in [2.45, 2.75) is 13.8 Å². The normalized spacial score (nSPS) is 10.4. The van der Waals surface area contributed by atoms with Crippen LogP contribution in [0.1, 0.15) is 24.3 Å². The first kappa shape index (κ1) is 17.2. The molecule has 0 radical (unpaired) electrons. The summed E-state index contributed by atoms with van der Waals surface area (Å²) in [7, 11) is 0. The Balaban J connectivity index is 1.91. The van der Waals surface area contributed by atoms with E-state index in [0.717, 1.165) is 0 Å². The van der Waals surface area contributed by atoms with E-state index < -0.39 is 6.03 Å². The van der Waals surface area contributed by atoms with E-state index in [1.54, 1.807) is 29.6 Å². The lowest BCUT2D eigenvalue weighted by atomic mass is 10.2. The number of anilines is 2. The highest BCUT2D eigenvalue weighted by molar-refractivity contribution is 7.14. The van der Waals surface area contributed by atoms with Crippen molar-refractivity contribution in [3.05, 3.63) is 40.4 Å². The van der Waals surface area contributed by atoms with Gasteiger partial charge < -0.3 is 10.6 Å². The Kier molecular flexibility index (Phi) is 5.95. The number of amides is 3. The lowest BCUT2D eigenvalue weighted by molar-refractivity contribution is 0.0944. The number of hydrogen-bond acceptors (Lipinski definition) is 4. The van der Waals surface area contributed by atoms with Crippen LogP contribution in [-0.2, 0) is 0 Å². The van der Waals surface area contributed by atoms with Crippen LogP contribution < -0.4 is 16.0 Å². The first-order chi connectivity index (χ1) is 10.9. The molecule has 0 atom stereocenters. The van der Waals surface area contributed by atoms with Gasteiger partial charge in [-0.05, 0) is 24.1 Å². The Morgan fingerprint density at radius 1 is 1.30 bits per heavy atom. The molecule has 2 aromatic rings. The molecule has 0 saturated heterocycles. The maximum Gasteiger partial charge on any atom is 0.325 e. The zero-order valence-electron chi connectivity index (χ0n) is 12.7. The molecule has 122 valence electrons. The number of benzene rings is 1. The van der Waals surface area contributed by atoms with Gasteiger partial charge in [0.05, 0.1) is 0 Å². The van der Waals surface area contributed by atoms with Crippen LogP contribution in [0.5, 0.6) is 0 Å². The summed E-state index contributed by atoms with van der Waals surface area (Å²) in [6, 6.07) is 6.36. The van der Waals surface area contributed by atoms with Crippen LogP contribution in [0.15, 0.2) is 29.6 Å². The first-order valence-electron chi connectivity index (χ1n) is 7.01. The third-order valence-corrected chi connectivity index (χ3v) is 3.70. The smallest absolute Gasteiger partial charge is 0.325 e. The summed E-state index contributed by atoms with van der Waals surface area (Å²) < 4.78 is 0. The zero-order valence-corrected chi connectivity index (χ0v) is 14.3. The number of nitrogens with one attached hydrogen (secondary N) is 3. The Bertz CT molecular complexity index is 702. The van der Waals surface area contributed by atoms with E-state index in [1.165, 1.54) is 11.3 Å². The molecule has 0 aliphatic rings. The van der Waals surface area contributed by atoms with Crippen molar-refractivity contribution in [3.63, 3.8) is 0 Å². The van der Waals surface area contributed by atoms with Crippen molar-refractivity contribution in [1.29, 1.82) is 0 Å². The highest BCUT2D eigenvalue weighted by Gasteiger charge is 2.12. The molecule has 8 heteroatoms. The molecule has 0 aliphatic heterocycles. The van der Waals surface area contributed by atoms with Gasteiger partial charge in [-0.3, -0.25) is 10.1 Å². The Morgan fingerprint density at radius 3 is 2.78 bits per heavy atom. The second-order valence-corrected chi connectivity index (χ2v) is 6.53. The number of aromatic nitrogens is 1. The van der Waals surface area contributed by atoms with Gasteiger partial charge in [0, 0.05) is 22.6 Å². The minimum absolute atomic E-state index is 0.252. The monoisotopic (exact) mass is 352 g/mol. The molecule has 0 spiro atoms. The second-order valence-electron chi connectivity index (χ2n) is 5.23. The van der Waals surface area contributed by atoms with Gasteiger partial charge in [-0.25, -0.2) is 9.78 Å². The van der Waals surface area contributed by atoms with Gasteiger partial charge in [-0.15, -0.1) is 11.3 Å². The number of thiazole rings is 1. The number of hydrogen-bond donors (Lipinski definition) is 3. The fourth-order valence-corrected chi connectivity index (χ4v) is 2.52. The maximum atomic E-state index is 11.9. The Labute approximate surface area is 143 Å². The quantitative estimate of drug-likeness (QED) is 0.764. The van der Waals surface area contributed by atoms with E-state index in [0.29, 0.717) is 28.3 Å². The third kappa shape index (κ3) is 5.54. The predicted molar refractivity (Wildman–Crippen MR) is 93.4 cm³/mol. The average molecular weight is 353 g/mol. The molecule has 0 bridgehead atoms. The summed E-state index contributed by atoms with van der Waals surface area (Å²) in [5, 5.41) is 10.5. The van der Waals surface area contributed by atoms with Crippen molar-refractivity contribution in [3.8, 4) is 0 Å². The van der Waals surface area contributed by atoms with Crippen molar-refractivity contribution in [1.82, 2.24) is 10.3 Å². The van der Waals surface area contributed by atoms with E-state index >= 15 is 0 Å². The molecule has 3 N–H and O–H groups in total. The molecule has 0 fully saturated rings. The fourth-order valence-electron chi connectivity index (χ4n) is 1.65. The number of urea groups is 1. The van der Waals surface area contributed by atoms with Crippen LogP contribution in [0.4, 0.5) is 15.6 Å². The summed E-state index contributed by atoms with van der Waals surface area (Å²) in [4.78, 5) is 27.9. The third-order valence-electron chi connectivity index (χ3n) is 2.71. The number of rotatable bonds is 5. The molecule has 1 aromatic heterocycles. The van der Waals surface area contributed by atoms with Gasteiger partial charge in [-0.2, -0.15) is 0 Å². The van der Waals surface area contributed by atoms with Crippen molar-refractivity contribution >= 4 is 45.7 Å². The van der Waals surface area contributed by atoms with Crippen molar-refractivity contribution < 1.29 is 9.59 Å². The van der Waals surface area contributed by atoms with Gasteiger partial charge in [0.1, 0.15) is 5.69 Å². The van der Waals surface area contributed by atoms with Crippen LogP contribution in [0.25, 0.3) is 0 Å². The molecule has 0 saturated carbocycles. The number of carbonyl (C=O) groups excluding carboxylic acids is 2. The van der Waals surface area contributed by atoms with Crippen LogP contribution in [-0.4, -0.2) is 23.5 Å². The molecule has 3 amide bonds. The van der Waals surface area contributed by atoms with Crippen molar-refractivity contribution in [2.75, 3.05) is 17.2 Å². The van der Waals surface area contributed by atoms with Crippen LogP contribution in [0.2, 0.25) is 5.02 Å². The number of carbonyl (C=O) groups is 2. The Hall–Kier alpha value is -2.12. The highest BCUT2D eigenvalue weighted by atomic mass is 35.5. The summed E-state index contributed by atoms with van der Waals surface area (Å²) in [5.41, 5.74) is 0.857. The molecule has 0 aliphatic carbocycles. The van der Waals surface area contributed by atoms with Gasteiger partial charge in [-0.1, -0.05) is 31.5 Å². The molecular formula is C15H17ClN4O2S. The molecule has 2 rings (SSSR count). The van der Waals surface area contributed by atoms with Crippen LogP contribution >= 0.6 is 22.9 Å². The molecule has 1 aromatic carbocycles. The summed E-state index contributed by atoms with van der Waals surface area (Å²) in [5.74, 6) is 0.108. The summed E-state index contributed by atoms with van der Waals surface area (Å²) >= 11 is 7.04. The minimum atomic E-state index is -0.448. The summed E-state index contributed by atoms with van der Waals surface area (Å²) in [6.45, 7) is 4.59. The van der Waals surface area contributed by atoms with Gasteiger partial charge >= 0.3 is 6.03 Å². The first-order valence-corrected chi connectivity index (χ1v) is 8.27. The van der Waals surface area contributed by atoms with E-state index in [1.807, 2.05) is 13.8 Å². The van der Waals surface area contributed by atoms with Gasteiger partial charge in [0.25, 0.3) is 5.91 Å². The number of nitrogens with zero attached hydrogens (tertiary/aromatic N) is 1. The predicted octanol–water partition coefficient (Wildman–Crippen LogP) is 3.83. The lowest BCUT2D eigenvalue weighted by Gasteiger charge is -2.06. The molecule has 0 unspecified atom stereocenters. The van der Waals surface area contributed by atoms with E-state index in [2.05, 4.69) is 20.9 Å². The lowest BCUT2D eigenvalue weighted by Crippen LogP contribution is -2.27. The number of halogens is 1.